The number of nitrogens with zero attached hydrogens (tertiary/aromatic N) is 3. The molecule has 0 fully saturated rings. The average Bonchev–Trinajstić information content (AvgIpc) is 3.83. The van der Waals surface area contributed by atoms with Gasteiger partial charge in [-0.1, -0.05) is 133 Å². The van der Waals surface area contributed by atoms with Crippen LogP contribution in [0, 0.1) is 0 Å². The van der Waals surface area contributed by atoms with Crippen LogP contribution < -0.4 is 0 Å². The van der Waals surface area contributed by atoms with E-state index in [2.05, 4.69) is 164 Å². The maximum atomic E-state index is 5.52. The van der Waals surface area contributed by atoms with Crippen molar-refractivity contribution in [2.75, 3.05) is 0 Å². The maximum Gasteiger partial charge on any atom is 0.164 e. The Morgan fingerprint density at radius 1 is 0.296 bits per heavy atom. The molecule has 0 saturated heterocycles. The molecule has 0 atom stereocenters. The van der Waals surface area contributed by atoms with Crippen LogP contribution in [0.15, 0.2) is 164 Å². The van der Waals surface area contributed by atoms with Crippen molar-refractivity contribution in [2.24, 2.45) is 0 Å². The van der Waals surface area contributed by atoms with E-state index >= 15 is 0 Å². The molecule has 0 aliphatic rings. The summed E-state index contributed by atoms with van der Waals surface area (Å²) >= 11 is 3.68. The Balaban J connectivity index is 1.25. The molecule has 3 nitrogen and oxygen atoms in total. The highest BCUT2D eigenvalue weighted by molar-refractivity contribution is 7.27. The summed E-state index contributed by atoms with van der Waals surface area (Å²) in [6.45, 7) is 0. The highest BCUT2D eigenvalue weighted by Crippen LogP contribution is 2.46. The molecule has 0 aliphatic carbocycles. The number of hydrogen-bond donors (Lipinski definition) is 0. The summed E-state index contributed by atoms with van der Waals surface area (Å²) in [5.74, 6) is 2.01. The summed E-state index contributed by atoms with van der Waals surface area (Å²) in [5.41, 5.74) is 3.03. The van der Waals surface area contributed by atoms with E-state index in [1.165, 1.54) is 72.7 Å². The number of benzene rings is 9. The molecule has 0 aliphatic heterocycles. The molecule has 3 aromatic heterocycles. The topological polar surface area (TPSA) is 38.7 Å². The zero-order valence-electron chi connectivity index (χ0n) is 28.7. The van der Waals surface area contributed by atoms with Crippen molar-refractivity contribution in [1.29, 1.82) is 0 Å². The van der Waals surface area contributed by atoms with Gasteiger partial charge in [-0.05, 0) is 73.4 Å². The molecule has 0 unspecified atom stereocenters. The Labute approximate surface area is 317 Å². The average molecular weight is 722 g/mol. The van der Waals surface area contributed by atoms with Gasteiger partial charge in [-0.3, -0.25) is 0 Å². The van der Waals surface area contributed by atoms with Crippen molar-refractivity contribution in [3.05, 3.63) is 164 Å². The highest BCUT2D eigenvalue weighted by Gasteiger charge is 2.23. The molecule has 0 spiro atoms. The van der Waals surface area contributed by atoms with Gasteiger partial charge in [-0.2, -0.15) is 0 Å². The Hall–Kier alpha value is -6.53. The van der Waals surface area contributed by atoms with Crippen LogP contribution in [0.4, 0.5) is 0 Å². The van der Waals surface area contributed by atoms with E-state index in [0.29, 0.717) is 17.5 Å². The number of thiophene rings is 2. The predicted octanol–water partition coefficient (Wildman–Crippen LogP) is 14.2. The van der Waals surface area contributed by atoms with Crippen molar-refractivity contribution in [1.82, 2.24) is 15.0 Å². The largest absolute Gasteiger partial charge is 0.208 e. The van der Waals surface area contributed by atoms with Crippen molar-refractivity contribution in [3.8, 4) is 34.2 Å². The fraction of sp³-hybridized carbons (Fsp3) is 0. The minimum absolute atomic E-state index is 0.665. The Morgan fingerprint density at radius 3 is 1.17 bits per heavy atom. The molecule has 0 saturated carbocycles. The van der Waals surface area contributed by atoms with Crippen molar-refractivity contribution in [3.63, 3.8) is 0 Å². The second-order valence-corrected chi connectivity index (χ2v) is 16.0. The summed E-state index contributed by atoms with van der Waals surface area (Å²) < 4.78 is 5.00. The molecule has 0 N–H and O–H groups in total. The first-order valence-corrected chi connectivity index (χ1v) is 19.7. The number of rotatable bonds is 3. The molecule has 5 heteroatoms. The van der Waals surface area contributed by atoms with Crippen molar-refractivity contribution in [2.45, 2.75) is 0 Å². The fourth-order valence-electron chi connectivity index (χ4n) is 8.45. The summed E-state index contributed by atoms with van der Waals surface area (Å²) in [6.07, 6.45) is 0. The zero-order valence-corrected chi connectivity index (χ0v) is 30.4. The zero-order chi connectivity index (χ0) is 35.3. The van der Waals surface area contributed by atoms with E-state index in [0.717, 1.165) is 27.5 Å². The Morgan fingerprint density at radius 2 is 0.648 bits per heavy atom. The van der Waals surface area contributed by atoms with Gasteiger partial charge in [0.05, 0.1) is 0 Å². The Bertz CT molecular complexity index is 3350. The van der Waals surface area contributed by atoms with Gasteiger partial charge in [-0.15, -0.1) is 22.7 Å². The lowest BCUT2D eigenvalue weighted by Crippen LogP contribution is -2.01. The van der Waals surface area contributed by atoms with E-state index < -0.39 is 0 Å². The summed E-state index contributed by atoms with van der Waals surface area (Å²) in [5, 5.41) is 14.3. The molecule has 12 rings (SSSR count). The number of fused-ring (bicyclic) bond motifs is 13. The van der Waals surface area contributed by atoms with Crippen LogP contribution in [-0.4, -0.2) is 15.0 Å². The minimum atomic E-state index is 0.665. The van der Waals surface area contributed by atoms with Crippen LogP contribution in [0.25, 0.3) is 118 Å². The summed E-state index contributed by atoms with van der Waals surface area (Å²) in [7, 11) is 0. The Kier molecular flexibility index (Phi) is 6.38. The van der Waals surface area contributed by atoms with E-state index in [4.69, 9.17) is 15.0 Å². The molecule has 0 radical (unpaired) electrons. The van der Waals surface area contributed by atoms with Crippen molar-refractivity contribution >= 4 is 106 Å². The number of aromatic nitrogens is 3. The van der Waals surface area contributed by atoms with Crippen LogP contribution in [0.3, 0.4) is 0 Å². The van der Waals surface area contributed by atoms with Crippen LogP contribution in [0.5, 0.6) is 0 Å². The monoisotopic (exact) mass is 721 g/mol. The number of hydrogen-bond acceptors (Lipinski definition) is 5. The van der Waals surface area contributed by atoms with Gasteiger partial charge in [0.2, 0.25) is 0 Å². The van der Waals surface area contributed by atoms with Gasteiger partial charge < -0.3 is 0 Å². The molecule has 0 amide bonds. The fourth-order valence-corrected chi connectivity index (χ4v) is 11.0. The van der Waals surface area contributed by atoms with Crippen LogP contribution in [0.2, 0.25) is 0 Å². The van der Waals surface area contributed by atoms with E-state index in [1.54, 1.807) is 0 Å². The third-order valence-electron chi connectivity index (χ3n) is 10.9. The molecule has 250 valence electrons. The molecular formula is C49H27N3S2. The smallest absolute Gasteiger partial charge is 0.164 e. The first-order valence-electron chi connectivity index (χ1n) is 18.1. The second-order valence-electron chi connectivity index (χ2n) is 13.9. The van der Waals surface area contributed by atoms with E-state index in [-0.39, 0.29) is 0 Å². The first-order chi connectivity index (χ1) is 26.8. The van der Waals surface area contributed by atoms with Crippen LogP contribution in [0.1, 0.15) is 0 Å². The third-order valence-corrected chi connectivity index (χ3v) is 13.3. The van der Waals surface area contributed by atoms with Gasteiger partial charge >= 0.3 is 0 Å². The van der Waals surface area contributed by atoms with Crippen LogP contribution >= 0.6 is 22.7 Å². The van der Waals surface area contributed by atoms with Crippen molar-refractivity contribution < 1.29 is 0 Å². The lowest BCUT2D eigenvalue weighted by molar-refractivity contribution is 1.08. The normalized spacial score (nSPS) is 12.1. The van der Waals surface area contributed by atoms with Gasteiger partial charge in [-0.25, -0.2) is 15.0 Å². The summed E-state index contributed by atoms with van der Waals surface area (Å²) in [4.78, 5) is 16.5. The van der Waals surface area contributed by atoms with Gasteiger partial charge in [0.15, 0.2) is 17.5 Å². The molecule has 9 aromatic carbocycles. The van der Waals surface area contributed by atoms with E-state index in [9.17, 15) is 0 Å². The van der Waals surface area contributed by atoms with Crippen LogP contribution in [-0.2, 0) is 0 Å². The maximum absolute atomic E-state index is 5.52. The standard InChI is InChI=1S/C49H27N3S2/c1-4-16-31-28(13-1)25-38(35-20-8-7-19-34(31)35)47-50-48(39-26-29-14-2-5-17-32(29)45-43(39)36-21-9-11-23-41(36)53-45)52-49(51-47)40-27-30-15-3-6-18-33(30)46-44(40)37-22-10-12-24-42(37)54-46/h1-27H. The molecule has 54 heavy (non-hydrogen) atoms. The second kappa shape index (κ2) is 11.5. The first kappa shape index (κ1) is 30.0. The third kappa shape index (κ3) is 4.37. The quantitative estimate of drug-likeness (QED) is 0.171. The lowest BCUT2D eigenvalue weighted by Gasteiger charge is -2.14. The predicted molar refractivity (Wildman–Crippen MR) is 232 cm³/mol. The lowest BCUT2D eigenvalue weighted by atomic mass is 9.96. The van der Waals surface area contributed by atoms with Gasteiger partial charge in [0, 0.05) is 57.0 Å². The molecule has 12 aromatic rings. The van der Waals surface area contributed by atoms with E-state index in [1.807, 2.05) is 22.7 Å². The van der Waals surface area contributed by atoms with Gasteiger partial charge in [0.25, 0.3) is 0 Å². The van der Waals surface area contributed by atoms with Gasteiger partial charge in [0.1, 0.15) is 0 Å². The summed E-state index contributed by atoms with van der Waals surface area (Å²) in [6, 6.07) is 58.8. The minimum Gasteiger partial charge on any atom is -0.208 e. The highest BCUT2D eigenvalue weighted by atomic mass is 32.1. The molecular weight excluding hydrogens is 695 g/mol. The SMILES string of the molecule is c1ccc2c(c1)cc(-c1nc(-c3cc4ccccc4c4sc5ccccc5c34)nc(-c3cc4ccccc4c4sc5ccccc5c34)n1)c1ccccc12. The molecule has 0 bridgehead atoms. The molecule has 3 heterocycles.